The lowest BCUT2D eigenvalue weighted by molar-refractivity contribution is -0.136. The van der Waals surface area contributed by atoms with Crippen molar-refractivity contribution in [2.24, 2.45) is 0 Å². The molecule has 1 fully saturated rings. The van der Waals surface area contributed by atoms with Gasteiger partial charge in [0, 0.05) is 18.7 Å². The Kier molecular flexibility index (Phi) is 11.0. The molecule has 192 valence electrons. The smallest absolute Gasteiger partial charge is 0.280 e. The summed E-state index contributed by atoms with van der Waals surface area (Å²) in [5, 5.41) is 22.3. The van der Waals surface area contributed by atoms with E-state index in [4.69, 9.17) is 24.1 Å². The number of hydrogen-bond donors (Lipinski definition) is 3. The highest BCUT2D eigenvalue weighted by Gasteiger charge is 2.30. The van der Waals surface area contributed by atoms with E-state index < -0.39 is 17.5 Å². The minimum Gasteiger partial charge on any atom is -0.394 e. The summed E-state index contributed by atoms with van der Waals surface area (Å²) in [4.78, 5) is 36.7. The van der Waals surface area contributed by atoms with Crippen LogP contribution < -0.4 is 16.2 Å². The minimum atomic E-state index is -0.876. The van der Waals surface area contributed by atoms with Crippen LogP contribution in [0.4, 0.5) is 5.69 Å². The molecule has 1 unspecified atom stereocenters. The van der Waals surface area contributed by atoms with Crippen molar-refractivity contribution in [3.05, 3.63) is 28.6 Å². The van der Waals surface area contributed by atoms with Crippen LogP contribution in [0, 0.1) is 0 Å². The first kappa shape index (κ1) is 26.6. The number of anilines is 1. The van der Waals surface area contributed by atoms with Crippen molar-refractivity contribution in [3.8, 4) is 0 Å². The fraction of sp³-hybridized carbons (Fsp3) is 0.591. The number of fused-ring (bicyclic) bond motifs is 1. The number of carbonyl (C=O) groups excluding carboxylic acids is 2. The van der Waals surface area contributed by atoms with Crippen LogP contribution in [0.15, 0.2) is 23.0 Å². The van der Waals surface area contributed by atoms with Crippen LogP contribution in [0.3, 0.4) is 0 Å². The molecule has 2 aromatic rings. The Bertz CT molecular complexity index is 1030. The number of amides is 2. The maximum atomic E-state index is 13.1. The SMILES string of the molecule is O=C1CCC(n2nnc3cccc(NCCOCCOCCOCCOCCO)c3c2=O)C(=O)N1. The molecule has 3 N–H and O–H groups in total. The third-order valence-corrected chi connectivity index (χ3v) is 5.13. The van der Waals surface area contributed by atoms with Crippen LogP contribution in [-0.2, 0) is 28.5 Å². The van der Waals surface area contributed by atoms with Gasteiger partial charge in [-0.1, -0.05) is 11.3 Å². The topological polar surface area (TPSA) is 163 Å². The number of nitrogens with zero attached hydrogens (tertiary/aromatic N) is 3. The minimum absolute atomic E-state index is 0.000498. The van der Waals surface area contributed by atoms with Gasteiger partial charge >= 0.3 is 0 Å². The average Bonchev–Trinajstić information content (AvgIpc) is 2.85. The van der Waals surface area contributed by atoms with E-state index in [0.29, 0.717) is 76.0 Å². The van der Waals surface area contributed by atoms with Crippen molar-refractivity contribution in [1.82, 2.24) is 20.3 Å². The van der Waals surface area contributed by atoms with Crippen LogP contribution in [-0.4, -0.2) is 97.9 Å². The fourth-order valence-corrected chi connectivity index (χ4v) is 3.45. The first-order chi connectivity index (χ1) is 17.1. The predicted octanol–water partition coefficient (Wildman–Crippen LogP) is -0.760. The highest BCUT2D eigenvalue weighted by Crippen LogP contribution is 2.20. The van der Waals surface area contributed by atoms with E-state index in [2.05, 4.69) is 20.9 Å². The zero-order chi connectivity index (χ0) is 24.9. The number of hydrogen-bond acceptors (Lipinski definition) is 11. The molecule has 0 aliphatic carbocycles. The van der Waals surface area contributed by atoms with Gasteiger partial charge in [-0.05, 0) is 18.6 Å². The number of imide groups is 1. The van der Waals surface area contributed by atoms with Gasteiger partial charge in [-0.15, -0.1) is 5.10 Å². The van der Waals surface area contributed by atoms with Crippen LogP contribution in [0.5, 0.6) is 0 Å². The molecule has 1 saturated heterocycles. The number of piperidine rings is 1. The van der Waals surface area contributed by atoms with Gasteiger partial charge in [-0.2, -0.15) is 4.68 Å². The molecule has 1 aliphatic heterocycles. The third kappa shape index (κ3) is 8.04. The second-order valence-corrected chi connectivity index (χ2v) is 7.61. The summed E-state index contributed by atoms with van der Waals surface area (Å²) in [6, 6.07) is 4.30. The van der Waals surface area contributed by atoms with Crippen molar-refractivity contribution in [1.29, 1.82) is 0 Å². The first-order valence-corrected chi connectivity index (χ1v) is 11.5. The Hall–Kier alpha value is -2.97. The molecule has 13 nitrogen and oxygen atoms in total. The Balaban J connectivity index is 1.40. The van der Waals surface area contributed by atoms with Crippen molar-refractivity contribution in [2.45, 2.75) is 18.9 Å². The predicted molar refractivity (Wildman–Crippen MR) is 124 cm³/mol. The highest BCUT2D eigenvalue weighted by molar-refractivity contribution is 5.99. The van der Waals surface area contributed by atoms with E-state index in [1.54, 1.807) is 18.2 Å². The molecule has 0 saturated carbocycles. The van der Waals surface area contributed by atoms with Crippen molar-refractivity contribution >= 4 is 28.4 Å². The van der Waals surface area contributed by atoms with Crippen LogP contribution >= 0.6 is 0 Å². The lowest BCUT2D eigenvalue weighted by atomic mass is 10.1. The Labute approximate surface area is 201 Å². The summed E-state index contributed by atoms with van der Waals surface area (Å²) in [5.41, 5.74) is 0.507. The monoisotopic (exact) mass is 493 g/mol. The van der Waals surface area contributed by atoms with Crippen molar-refractivity contribution in [2.75, 3.05) is 71.3 Å². The van der Waals surface area contributed by atoms with Gasteiger partial charge in [-0.3, -0.25) is 19.7 Å². The molecule has 0 spiro atoms. The number of carbonyl (C=O) groups is 2. The second-order valence-electron chi connectivity index (χ2n) is 7.61. The number of aliphatic hydroxyl groups is 1. The van der Waals surface area contributed by atoms with Gasteiger partial charge in [0.05, 0.1) is 64.8 Å². The summed E-state index contributed by atoms with van der Waals surface area (Å²) >= 11 is 0. The Morgan fingerprint density at radius 1 is 0.971 bits per heavy atom. The summed E-state index contributed by atoms with van der Waals surface area (Å²) in [7, 11) is 0. The number of aliphatic hydroxyl groups excluding tert-OH is 1. The largest absolute Gasteiger partial charge is 0.394 e. The second kappa shape index (κ2) is 14.4. The van der Waals surface area contributed by atoms with Gasteiger partial charge in [0.1, 0.15) is 11.6 Å². The summed E-state index contributed by atoms with van der Waals surface area (Å²) < 4.78 is 22.4. The first-order valence-electron chi connectivity index (χ1n) is 11.5. The van der Waals surface area contributed by atoms with Gasteiger partial charge in [-0.25, -0.2) is 0 Å². The Morgan fingerprint density at radius 2 is 1.63 bits per heavy atom. The van der Waals surface area contributed by atoms with Crippen LogP contribution in [0.25, 0.3) is 10.9 Å². The van der Waals surface area contributed by atoms with Crippen LogP contribution in [0.1, 0.15) is 18.9 Å². The molecule has 2 amide bonds. The van der Waals surface area contributed by atoms with Gasteiger partial charge < -0.3 is 29.4 Å². The summed E-state index contributed by atoms with van der Waals surface area (Å²) in [6.45, 7) is 3.74. The average molecular weight is 494 g/mol. The lowest BCUT2D eigenvalue weighted by Gasteiger charge is -2.21. The number of ether oxygens (including phenoxy) is 4. The normalized spacial score (nSPS) is 16.0. The molecule has 1 atom stereocenters. The lowest BCUT2D eigenvalue weighted by Crippen LogP contribution is -2.45. The molecular formula is C22H31N5O8. The standard InChI is InChI=1S/C22H31N5O8/c28-7-9-33-11-13-35-15-14-34-12-10-32-8-6-23-16-2-1-3-17-20(16)22(31)27(26-25-17)18-4-5-19(29)24-21(18)30/h1-3,18,23,28H,4-15H2,(H,24,29,30). The molecule has 3 rings (SSSR count). The van der Waals surface area contributed by atoms with E-state index in [9.17, 15) is 14.4 Å². The molecule has 0 bridgehead atoms. The number of aromatic nitrogens is 3. The molecule has 2 heterocycles. The molecule has 1 aromatic carbocycles. The number of rotatable bonds is 16. The zero-order valence-electron chi connectivity index (χ0n) is 19.4. The maximum absolute atomic E-state index is 13.1. The van der Waals surface area contributed by atoms with E-state index in [0.717, 1.165) is 4.68 Å². The highest BCUT2D eigenvalue weighted by atomic mass is 16.6. The van der Waals surface area contributed by atoms with E-state index in [1.165, 1.54) is 0 Å². The fourth-order valence-electron chi connectivity index (χ4n) is 3.45. The molecule has 13 heteroatoms. The zero-order valence-corrected chi connectivity index (χ0v) is 19.4. The number of benzene rings is 1. The van der Waals surface area contributed by atoms with Gasteiger partial charge in [0.2, 0.25) is 5.91 Å². The quantitative estimate of drug-likeness (QED) is 0.199. The summed E-state index contributed by atoms with van der Waals surface area (Å²) in [5.74, 6) is -0.925. The maximum Gasteiger partial charge on any atom is 0.280 e. The van der Waals surface area contributed by atoms with Crippen molar-refractivity contribution in [3.63, 3.8) is 0 Å². The van der Waals surface area contributed by atoms with Gasteiger partial charge in [0.15, 0.2) is 0 Å². The van der Waals surface area contributed by atoms with E-state index >= 15 is 0 Å². The molecule has 1 aromatic heterocycles. The third-order valence-electron chi connectivity index (χ3n) is 5.13. The Morgan fingerprint density at radius 3 is 2.29 bits per heavy atom. The summed E-state index contributed by atoms with van der Waals surface area (Å²) in [6.07, 6.45) is 0.332. The van der Waals surface area contributed by atoms with E-state index in [-0.39, 0.29) is 25.4 Å². The van der Waals surface area contributed by atoms with E-state index in [1.807, 2.05) is 0 Å². The number of nitrogens with one attached hydrogen (secondary N) is 2. The molecular weight excluding hydrogens is 462 g/mol. The molecule has 1 aliphatic rings. The molecule has 35 heavy (non-hydrogen) atoms. The van der Waals surface area contributed by atoms with Crippen LogP contribution in [0.2, 0.25) is 0 Å². The molecule has 0 radical (unpaired) electrons. The van der Waals surface area contributed by atoms with Gasteiger partial charge in [0.25, 0.3) is 11.5 Å². The van der Waals surface area contributed by atoms with Crippen molar-refractivity contribution < 1.29 is 33.6 Å².